The first kappa shape index (κ1) is 19.8. The maximum atomic E-state index is 13.0. The zero-order valence-corrected chi connectivity index (χ0v) is 17.7. The first-order valence-electron chi connectivity index (χ1n) is 10.1. The molecule has 0 amide bonds. The second-order valence-electron chi connectivity index (χ2n) is 7.83. The number of pyridine rings is 2. The summed E-state index contributed by atoms with van der Waals surface area (Å²) in [5.74, 6) is 1.29. The lowest BCUT2D eigenvalue weighted by Crippen LogP contribution is -2.23. The number of aliphatic hydroxyl groups is 1. The van der Waals surface area contributed by atoms with Crippen molar-refractivity contribution >= 4 is 33.8 Å². The van der Waals surface area contributed by atoms with Crippen LogP contribution in [0.1, 0.15) is 26.5 Å². The Labute approximate surface area is 181 Å². The third-order valence-electron chi connectivity index (χ3n) is 5.09. The Morgan fingerprint density at radius 2 is 1.97 bits per heavy atom. The number of aromatic nitrogens is 8. The van der Waals surface area contributed by atoms with Gasteiger partial charge in [0.15, 0.2) is 17.1 Å². The molecular formula is C21H21N9O2. The van der Waals surface area contributed by atoms with Crippen molar-refractivity contribution in [2.45, 2.75) is 32.9 Å². The molecule has 0 fully saturated rings. The molecule has 0 saturated heterocycles. The average Bonchev–Trinajstić information content (AvgIpc) is 3.34. The average molecular weight is 431 g/mol. The second kappa shape index (κ2) is 7.24. The lowest BCUT2D eigenvalue weighted by Gasteiger charge is -2.18. The van der Waals surface area contributed by atoms with Gasteiger partial charge in [0, 0.05) is 18.1 Å². The second-order valence-corrected chi connectivity index (χ2v) is 7.83. The summed E-state index contributed by atoms with van der Waals surface area (Å²) in [6, 6.07) is 8.97. The monoisotopic (exact) mass is 431 g/mol. The van der Waals surface area contributed by atoms with Gasteiger partial charge in [-0.2, -0.15) is 10.1 Å². The molecule has 5 aromatic heterocycles. The molecule has 0 aliphatic rings. The fourth-order valence-corrected chi connectivity index (χ4v) is 3.50. The zero-order valence-electron chi connectivity index (χ0n) is 17.7. The third-order valence-corrected chi connectivity index (χ3v) is 5.09. The summed E-state index contributed by atoms with van der Waals surface area (Å²) >= 11 is 0. The van der Waals surface area contributed by atoms with E-state index < -0.39 is 5.60 Å². The van der Waals surface area contributed by atoms with Gasteiger partial charge in [-0.3, -0.25) is 9.89 Å². The number of hydrogen-bond acceptors (Lipinski definition) is 8. The number of fused-ring (bicyclic) bond motifs is 2. The van der Waals surface area contributed by atoms with E-state index in [4.69, 9.17) is 0 Å². The van der Waals surface area contributed by atoms with Crippen molar-refractivity contribution in [2.24, 2.45) is 0 Å². The molecule has 11 heteroatoms. The number of rotatable bonds is 5. The van der Waals surface area contributed by atoms with E-state index >= 15 is 0 Å². The zero-order chi connectivity index (χ0) is 22.5. The Morgan fingerprint density at radius 1 is 1.12 bits per heavy atom. The Bertz CT molecular complexity index is 1510. The molecule has 0 aliphatic carbocycles. The summed E-state index contributed by atoms with van der Waals surface area (Å²) in [7, 11) is 0. The molecule has 5 heterocycles. The summed E-state index contributed by atoms with van der Waals surface area (Å²) in [5.41, 5.74) is 0.169. The Morgan fingerprint density at radius 3 is 2.75 bits per heavy atom. The van der Waals surface area contributed by atoms with Gasteiger partial charge in [0.25, 0.3) is 5.56 Å². The largest absolute Gasteiger partial charge is 0.384 e. The van der Waals surface area contributed by atoms with E-state index in [2.05, 4.69) is 35.5 Å². The molecule has 162 valence electrons. The van der Waals surface area contributed by atoms with Gasteiger partial charge >= 0.3 is 0 Å². The maximum Gasteiger partial charge on any atom is 0.278 e. The highest BCUT2D eigenvalue weighted by atomic mass is 16.3. The van der Waals surface area contributed by atoms with Crippen molar-refractivity contribution in [3.05, 3.63) is 58.8 Å². The van der Waals surface area contributed by atoms with E-state index in [1.165, 1.54) is 10.9 Å². The van der Waals surface area contributed by atoms with E-state index in [0.29, 0.717) is 40.6 Å². The first-order chi connectivity index (χ1) is 15.3. The van der Waals surface area contributed by atoms with Crippen molar-refractivity contribution in [2.75, 3.05) is 5.32 Å². The summed E-state index contributed by atoms with van der Waals surface area (Å²) in [5, 5.41) is 21.5. The molecule has 5 aromatic rings. The standard InChI is InChI=1S/C21H21N9O2/c1-4-29-19(31)13-11-22-20(26-15-9-8-12-10-23-28-17(12)25-15)27-18(13)30(29)16-7-5-6-14(24-16)21(2,3)32/h5-11,32H,4H2,1-3H3,(H2,22,23,25,26,27,28). The van der Waals surface area contributed by atoms with Gasteiger partial charge in [0.05, 0.1) is 11.9 Å². The highest BCUT2D eigenvalue weighted by molar-refractivity contribution is 5.78. The molecule has 0 aromatic carbocycles. The Balaban J connectivity index is 1.64. The molecule has 0 spiro atoms. The van der Waals surface area contributed by atoms with Crippen molar-refractivity contribution in [3.63, 3.8) is 0 Å². The molecule has 0 atom stereocenters. The van der Waals surface area contributed by atoms with Crippen molar-refractivity contribution in [1.29, 1.82) is 0 Å². The highest BCUT2D eigenvalue weighted by Crippen LogP contribution is 2.22. The maximum absolute atomic E-state index is 13.0. The number of hydrogen-bond donors (Lipinski definition) is 3. The fraction of sp³-hybridized carbons (Fsp3) is 0.238. The number of anilines is 2. The van der Waals surface area contributed by atoms with Crippen LogP contribution in [0, 0.1) is 0 Å². The van der Waals surface area contributed by atoms with Crippen LogP contribution in [0.2, 0.25) is 0 Å². The minimum Gasteiger partial charge on any atom is -0.384 e. The smallest absolute Gasteiger partial charge is 0.278 e. The van der Waals surface area contributed by atoms with Gasteiger partial charge in [0.1, 0.15) is 16.8 Å². The molecule has 0 saturated carbocycles. The Kier molecular flexibility index (Phi) is 4.48. The molecule has 32 heavy (non-hydrogen) atoms. The summed E-state index contributed by atoms with van der Waals surface area (Å²) in [4.78, 5) is 30.9. The van der Waals surface area contributed by atoms with E-state index in [9.17, 15) is 9.90 Å². The molecule has 11 nitrogen and oxygen atoms in total. The SMILES string of the molecule is CCn1c(=O)c2cnc(Nc3ccc4cn[nH]c4n3)nc2n1-c1cccc(C(C)(C)O)n1. The van der Waals surface area contributed by atoms with Crippen LogP contribution in [-0.4, -0.2) is 44.6 Å². The van der Waals surface area contributed by atoms with Crippen LogP contribution in [0.4, 0.5) is 11.8 Å². The van der Waals surface area contributed by atoms with Gasteiger partial charge in [-0.25, -0.2) is 24.3 Å². The predicted octanol–water partition coefficient (Wildman–Crippen LogP) is 2.24. The fourth-order valence-electron chi connectivity index (χ4n) is 3.50. The molecule has 5 rings (SSSR count). The quantitative estimate of drug-likeness (QED) is 0.385. The first-order valence-corrected chi connectivity index (χ1v) is 10.1. The number of H-pyrrole nitrogens is 1. The summed E-state index contributed by atoms with van der Waals surface area (Å²) in [6.07, 6.45) is 3.18. The van der Waals surface area contributed by atoms with E-state index in [1.807, 2.05) is 13.0 Å². The van der Waals surface area contributed by atoms with E-state index in [0.717, 1.165) is 5.39 Å². The van der Waals surface area contributed by atoms with E-state index in [-0.39, 0.29) is 11.5 Å². The van der Waals surface area contributed by atoms with Crippen LogP contribution in [0.25, 0.3) is 27.9 Å². The molecule has 0 unspecified atom stereocenters. The van der Waals surface area contributed by atoms with Crippen LogP contribution < -0.4 is 10.9 Å². The minimum atomic E-state index is -1.13. The normalized spacial score (nSPS) is 12.0. The summed E-state index contributed by atoms with van der Waals surface area (Å²) in [6.45, 7) is 5.60. The van der Waals surface area contributed by atoms with Crippen LogP contribution in [-0.2, 0) is 12.1 Å². The van der Waals surface area contributed by atoms with Gasteiger partial charge in [0.2, 0.25) is 5.95 Å². The summed E-state index contributed by atoms with van der Waals surface area (Å²) < 4.78 is 3.18. The molecular weight excluding hydrogens is 410 g/mol. The minimum absolute atomic E-state index is 0.221. The molecule has 0 aliphatic heterocycles. The van der Waals surface area contributed by atoms with Crippen LogP contribution in [0.5, 0.6) is 0 Å². The highest BCUT2D eigenvalue weighted by Gasteiger charge is 2.21. The molecule has 0 radical (unpaired) electrons. The van der Waals surface area contributed by atoms with Gasteiger partial charge in [-0.05, 0) is 45.0 Å². The topological polar surface area (TPSA) is 139 Å². The van der Waals surface area contributed by atoms with Gasteiger partial charge in [-0.1, -0.05) is 6.07 Å². The van der Waals surface area contributed by atoms with Crippen LogP contribution >= 0.6 is 0 Å². The van der Waals surface area contributed by atoms with Crippen LogP contribution in [0.15, 0.2) is 47.5 Å². The molecule has 0 bridgehead atoms. The predicted molar refractivity (Wildman–Crippen MR) is 119 cm³/mol. The Hall–Kier alpha value is -4.12. The van der Waals surface area contributed by atoms with Gasteiger partial charge in [-0.15, -0.1) is 0 Å². The molecule has 3 N–H and O–H groups in total. The van der Waals surface area contributed by atoms with Crippen molar-refractivity contribution < 1.29 is 5.11 Å². The number of nitrogens with zero attached hydrogens (tertiary/aromatic N) is 7. The lowest BCUT2D eigenvalue weighted by atomic mass is 10.1. The van der Waals surface area contributed by atoms with Gasteiger partial charge < -0.3 is 10.4 Å². The number of nitrogens with one attached hydrogen (secondary N) is 2. The van der Waals surface area contributed by atoms with Crippen LogP contribution in [0.3, 0.4) is 0 Å². The van der Waals surface area contributed by atoms with E-state index in [1.54, 1.807) is 49.0 Å². The lowest BCUT2D eigenvalue weighted by molar-refractivity contribution is 0.0738. The van der Waals surface area contributed by atoms with Crippen molar-refractivity contribution in [1.82, 2.24) is 39.5 Å². The van der Waals surface area contributed by atoms with Crippen molar-refractivity contribution in [3.8, 4) is 5.82 Å². The number of aromatic amines is 1. The third kappa shape index (κ3) is 3.28.